The third-order valence-corrected chi connectivity index (χ3v) is 3.33. The van der Waals surface area contributed by atoms with Crippen molar-refractivity contribution in [3.8, 4) is 0 Å². The first-order chi connectivity index (χ1) is 9.99. The predicted octanol–water partition coefficient (Wildman–Crippen LogP) is 1.86. The molecule has 0 saturated heterocycles. The van der Waals surface area contributed by atoms with Gasteiger partial charge in [0, 0.05) is 25.7 Å². The molecule has 0 saturated carbocycles. The van der Waals surface area contributed by atoms with Crippen LogP contribution in [0.15, 0.2) is 23.5 Å². The van der Waals surface area contributed by atoms with Crippen LogP contribution in [0.4, 0.5) is 5.82 Å². The van der Waals surface area contributed by atoms with Crippen molar-refractivity contribution in [3.05, 3.63) is 23.9 Å². The summed E-state index contributed by atoms with van der Waals surface area (Å²) in [6.45, 7) is 6.97. The number of aromatic nitrogens is 1. The molecule has 1 atom stereocenters. The SMILES string of the molecule is CC1=NO[C@@](C)(C(=O)NCCCNc2ccc(C)cn2)C1. The van der Waals surface area contributed by atoms with Crippen LogP contribution in [0.2, 0.25) is 0 Å². The highest BCUT2D eigenvalue weighted by Crippen LogP contribution is 2.23. The van der Waals surface area contributed by atoms with E-state index < -0.39 is 5.60 Å². The van der Waals surface area contributed by atoms with Gasteiger partial charge in [-0.25, -0.2) is 4.98 Å². The summed E-state index contributed by atoms with van der Waals surface area (Å²) in [6, 6.07) is 3.96. The molecule has 0 spiro atoms. The molecule has 1 aliphatic heterocycles. The van der Waals surface area contributed by atoms with Crippen LogP contribution in [-0.4, -0.2) is 35.3 Å². The second-order valence-corrected chi connectivity index (χ2v) is 5.58. The largest absolute Gasteiger partial charge is 0.379 e. The van der Waals surface area contributed by atoms with Gasteiger partial charge in [0.05, 0.1) is 5.71 Å². The van der Waals surface area contributed by atoms with Gasteiger partial charge in [0.2, 0.25) is 5.60 Å². The fraction of sp³-hybridized carbons (Fsp3) is 0.533. The Morgan fingerprint density at radius 3 is 2.81 bits per heavy atom. The first-order valence-corrected chi connectivity index (χ1v) is 7.16. The normalized spacial score (nSPS) is 20.6. The van der Waals surface area contributed by atoms with Crippen LogP contribution < -0.4 is 10.6 Å². The van der Waals surface area contributed by atoms with Crippen molar-refractivity contribution in [2.75, 3.05) is 18.4 Å². The number of nitrogens with zero attached hydrogens (tertiary/aromatic N) is 2. The third kappa shape index (κ3) is 4.18. The molecule has 0 bridgehead atoms. The van der Waals surface area contributed by atoms with E-state index in [0.29, 0.717) is 13.0 Å². The summed E-state index contributed by atoms with van der Waals surface area (Å²) in [5.41, 5.74) is 1.13. The van der Waals surface area contributed by atoms with E-state index in [-0.39, 0.29) is 5.91 Å². The molecule has 2 rings (SSSR count). The third-order valence-electron chi connectivity index (χ3n) is 3.33. The average Bonchev–Trinajstić information content (AvgIpc) is 2.81. The standard InChI is InChI=1S/C15H22N4O2/c1-11-5-6-13(18-10-11)16-7-4-8-17-14(20)15(3)9-12(2)19-21-15/h5-6,10H,4,7-9H2,1-3H3,(H,16,18)(H,17,20)/t15-/m1/s1. The zero-order chi connectivity index (χ0) is 15.3. The highest BCUT2D eigenvalue weighted by molar-refractivity contribution is 5.94. The molecule has 6 heteroatoms. The van der Waals surface area contributed by atoms with Crippen molar-refractivity contribution >= 4 is 17.4 Å². The first kappa shape index (κ1) is 15.3. The minimum absolute atomic E-state index is 0.114. The smallest absolute Gasteiger partial charge is 0.267 e. The first-order valence-electron chi connectivity index (χ1n) is 7.16. The van der Waals surface area contributed by atoms with Crippen LogP contribution in [0.5, 0.6) is 0 Å². The van der Waals surface area contributed by atoms with Crippen molar-refractivity contribution in [2.24, 2.45) is 5.16 Å². The topological polar surface area (TPSA) is 75.6 Å². The zero-order valence-corrected chi connectivity index (χ0v) is 12.8. The van der Waals surface area contributed by atoms with Gasteiger partial charge >= 0.3 is 0 Å². The minimum Gasteiger partial charge on any atom is -0.379 e. The van der Waals surface area contributed by atoms with E-state index in [1.807, 2.05) is 32.2 Å². The monoisotopic (exact) mass is 290 g/mol. The summed E-state index contributed by atoms with van der Waals surface area (Å²) in [4.78, 5) is 21.5. The molecular weight excluding hydrogens is 268 g/mol. The summed E-state index contributed by atoms with van der Waals surface area (Å²) in [5.74, 6) is 0.735. The molecule has 21 heavy (non-hydrogen) atoms. The van der Waals surface area contributed by atoms with E-state index in [4.69, 9.17) is 4.84 Å². The summed E-state index contributed by atoms with van der Waals surface area (Å²) < 4.78 is 0. The molecule has 114 valence electrons. The van der Waals surface area contributed by atoms with Crippen LogP contribution >= 0.6 is 0 Å². The van der Waals surface area contributed by atoms with E-state index in [2.05, 4.69) is 20.8 Å². The van der Waals surface area contributed by atoms with E-state index in [9.17, 15) is 4.79 Å². The average molecular weight is 290 g/mol. The van der Waals surface area contributed by atoms with E-state index in [1.165, 1.54) is 0 Å². The quantitative estimate of drug-likeness (QED) is 0.784. The lowest BCUT2D eigenvalue weighted by Crippen LogP contribution is -2.45. The second-order valence-electron chi connectivity index (χ2n) is 5.58. The molecule has 0 aromatic carbocycles. The van der Waals surface area contributed by atoms with Crippen LogP contribution in [-0.2, 0) is 9.63 Å². The zero-order valence-electron chi connectivity index (χ0n) is 12.8. The van der Waals surface area contributed by atoms with Crippen molar-refractivity contribution in [3.63, 3.8) is 0 Å². The molecule has 0 fully saturated rings. The Morgan fingerprint density at radius 1 is 1.38 bits per heavy atom. The lowest BCUT2D eigenvalue weighted by Gasteiger charge is -2.20. The fourth-order valence-corrected chi connectivity index (χ4v) is 2.12. The fourth-order valence-electron chi connectivity index (χ4n) is 2.12. The van der Waals surface area contributed by atoms with Crippen molar-refractivity contribution in [1.29, 1.82) is 0 Å². The molecule has 1 aliphatic rings. The molecule has 1 aromatic heterocycles. The summed E-state index contributed by atoms with van der Waals surface area (Å²) in [5, 5.41) is 9.94. The van der Waals surface area contributed by atoms with Crippen LogP contribution in [0, 0.1) is 6.92 Å². The molecule has 2 N–H and O–H groups in total. The van der Waals surface area contributed by atoms with Crippen LogP contribution in [0.25, 0.3) is 0 Å². The number of rotatable bonds is 6. The van der Waals surface area contributed by atoms with Crippen LogP contribution in [0.1, 0.15) is 32.3 Å². The number of carbonyl (C=O) groups is 1. The van der Waals surface area contributed by atoms with E-state index >= 15 is 0 Å². The predicted molar refractivity (Wildman–Crippen MR) is 82.3 cm³/mol. The van der Waals surface area contributed by atoms with E-state index in [0.717, 1.165) is 30.1 Å². The number of carbonyl (C=O) groups excluding carboxylic acids is 1. The van der Waals surface area contributed by atoms with Gasteiger partial charge in [-0.3, -0.25) is 4.79 Å². The summed E-state index contributed by atoms with van der Waals surface area (Å²) in [6.07, 6.45) is 3.19. The number of amides is 1. The number of pyridine rings is 1. The highest BCUT2D eigenvalue weighted by atomic mass is 16.7. The second kappa shape index (κ2) is 6.56. The Labute approximate surface area is 125 Å². The van der Waals surface area contributed by atoms with Gasteiger partial charge in [0.15, 0.2) is 0 Å². The van der Waals surface area contributed by atoms with Gasteiger partial charge in [0.1, 0.15) is 5.82 Å². The van der Waals surface area contributed by atoms with Crippen molar-refractivity contribution in [2.45, 2.75) is 39.2 Å². The molecular formula is C15H22N4O2. The Bertz CT molecular complexity index is 527. The lowest BCUT2D eigenvalue weighted by atomic mass is 9.99. The van der Waals surface area contributed by atoms with Gasteiger partial charge in [-0.1, -0.05) is 11.2 Å². The molecule has 2 heterocycles. The molecule has 1 aromatic rings. The molecule has 1 amide bonds. The summed E-state index contributed by atoms with van der Waals surface area (Å²) in [7, 11) is 0. The number of nitrogens with one attached hydrogen (secondary N) is 2. The Morgan fingerprint density at radius 2 is 2.19 bits per heavy atom. The van der Waals surface area contributed by atoms with Gasteiger partial charge in [-0.2, -0.15) is 0 Å². The minimum atomic E-state index is -0.851. The number of aryl methyl sites for hydroxylation is 1. The van der Waals surface area contributed by atoms with Crippen molar-refractivity contribution in [1.82, 2.24) is 10.3 Å². The highest BCUT2D eigenvalue weighted by Gasteiger charge is 2.40. The molecule has 0 radical (unpaired) electrons. The van der Waals surface area contributed by atoms with Gasteiger partial charge in [-0.15, -0.1) is 0 Å². The molecule has 0 unspecified atom stereocenters. The maximum atomic E-state index is 12.0. The van der Waals surface area contributed by atoms with Gasteiger partial charge in [-0.05, 0) is 38.8 Å². The molecule has 0 aliphatic carbocycles. The number of oxime groups is 1. The number of hydrogen-bond donors (Lipinski definition) is 2. The Kier molecular flexibility index (Phi) is 4.77. The molecule has 6 nitrogen and oxygen atoms in total. The Hall–Kier alpha value is -2.11. The maximum absolute atomic E-state index is 12.0. The Balaban J connectivity index is 1.64. The van der Waals surface area contributed by atoms with E-state index in [1.54, 1.807) is 6.92 Å². The van der Waals surface area contributed by atoms with Gasteiger partial charge < -0.3 is 15.5 Å². The number of anilines is 1. The van der Waals surface area contributed by atoms with Crippen molar-refractivity contribution < 1.29 is 9.63 Å². The lowest BCUT2D eigenvalue weighted by molar-refractivity contribution is -0.141. The van der Waals surface area contributed by atoms with Crippen LogP contribution in [0.3, 0.4) is 0 Å². The van der Waals surface area contributed by atoms with Gasteiger partial charge in [0.25, 0.3) is 5.91 Å². The maximum Gasteiger partial charge on any atom is 0.267 e. The summed E-state index contributed by atoms with van der Waals surface area (Å²) >= 11 is 0. The number of hydrogen-bond acceptors (Lipinski definition) is 5.